The van der Waals surface area contributed by atoms with Crippen LogP contribution in [0.5, 0.6) is 11.5 Å². The molecule has 26 heavy (non-hydrogen) atoms. The zero-order chi connectivity index (χ0) is 18.9. The Hall–Kier alpha value is -2.24. The van der Waals surface area contributed by atoms with Crippen molar-refractivity contribution in [3.05, 3.63) is 24.3 Å². The van der Waals surface area contributed by atoms with Crippen molar-refractivity contribution in [3.8, 4) is 11.5 Å². The molecule has 1 unspecified atom stereocenters. The van der Waals surface area contributed by atoms with Crippen molar-refractivity contribution >= 4 is 11.8 Å². The van der Waals surface area contributed by atoms with Gasteiger partial charge in [-0.25, -0.2) is 0 Å². The third-order valence-corrected chi connectivity index (χ3v) is 4.55. The third kappa shape index (κ3) is 5.38. The van der Waals surface area contributed by atoms with Crippen LogP contribution in [0.4, 0.5) is 0 Å². The minimum Gasteiger partial charge on any atom is -0.497 e. The van der Waals surface area contributed by atoms with E-state index in [0.717, 1.165) is 37.4 Å². The molecule has 2 amide bonds. The van der Waals surface area contributed by atoms with E-state index < -0.39 is 0 Å². The summed E-state index contributed by atoms with van der Waals surface area (Å²) >= 11 is 0. The minimum atomic E-state index is -0.221. The molecule has 0 radical (unpaired) electrons. The van der Waals surface area contributed by atoms with Gasteiger partial charge in [0.15, 0.2) is 0 Å². The summed E-state index contributed by atoms with van der Waals surface area (Å²) in [6.07, 6.45) is 2.18. The molecule has 1 fully saturated rings. The van der Waals surface area contributed by atoms with Gasteiger partial charge in [-0.05, 0) is 37.1 Å². The van der Waals surface area contributed by atoms with Crippen molar-refractivity contribution < 1.29 is 19.1 Å². The Morgan fingerprint density at radius 2 is 1.77 bits per heavy atom. The molecule has 1 aliphatic heterocycles. The van der Waals surface area contributed by atoms with E-state index in [9.17, 15) is 9.59 Å². The van der Waals surface area contributed by atoms with Crippen LogP contribution in [0.3, 0.4) is 0 Å². The average Bonchev–Trinajstić information content (AvgIpc) is 3.02. The number of amides is 2. The first kappa shape index (κ1) is 20.1. The van der Waals surface area contributed by atoms with Crippen LogP contribution in [0.2, 0.25) is 0 Å². The van der Waals surface area contributed by atoms with Crippen molar-refractivity contribution in [2.75, 3.05) is 39.9 Å². The van der Waals surface area contributed by atoms with Crippen LogP contribution in [0.15, 0.2) is 24.3 Å². The van der Waals surface area contributed by atoms with E-state index in [1.807, 2.05) is 29.2 Å². The molecular formula is C20H30N2O4. The molecule has 6 heteroatoms. The van der Waals surface area contributed by atoms with Crippen LogP contribution in [-0.2, 0) is 9.59 Å². The van der Waals surface area contributed by atoms with Crippen molar-refractivity contribution in [1.82, 2.24) is 9.80 Å². The van der Waals surface area contributed by atoms with Crippen molar-refractivity contribution in [2.45, 2.75) is 33.1 Å². The van der Waals surface area contributed by atoms with Crippen LogP contribution in [0, 0.1) is 5.92 Å². The van der Waals surface area contributed by atoms with Gasteiger partial charge in [-0.2, -0.15) is 0 Å². The summed E-state index contributed by atoms with van der Waals surface area (Å²) in [5.41, 5.74) is 0. The summed E-state index contributed by atoms with van der Waals surface area (Å²) < 4.78 is 10.8. The summed E-state index contributed by atoms with van der Waals surface area (Å²) in [4.78, 5) is 28.5. The van der Waals surface area contributed by atoms with Gasteiger partial charge < -0.3 is 19.3 Å². The second kappa shape index (κ2) is 10.0. The maximum Gasteiger partial charge on any atom is 0.227 e. The van der Waals surface area contributed by atoms with Crippen molar-refractivity contribution in [3.63, 3.8) is 0 Å². The van der Waals surface area contributed by atoms with E-state index in [1.54, 1.807) is 12.0 Å². The normalized spacial score (nSPS) is 16.7. The number of ether oxygens (including phenoxy) is 2. The summed E-state index contributed by atoms with van der Waals surface area (Å²) in [7, 11) is 1.62. The SMILES string of the molecule is CCCN(CCC)C(=O)C1CC(=O)N(CCOc2ccc(OC)cc2)C1. The lowest BCUT2D eigenvalue weighted by atomic mass is 10.1. The van der Waals surface area contributed by atoms with E-state index in [1.165, 1.54) is 0 Å². The Morgan fingerprint density at radius 1 is 1.15 bits per heavy atom. The first-order chi connectivity index (χ1) is 12.6. The summed E-state index contributed by atoms with van der Waals surface area (Å²) in [6.45, 7) is 7.06. The molecule has 1 aromatic carbocycles. The molecule has 0 N–H and O–H groups in total. The molecule has 1 heterocycles. The molecule has 0 aliphatic carbocycles. The molecular weight excluding hydrogens is 332 g/mol. The molecule has 0 bridgehead atoms. The number of rotatable bonds is 10. The van der Waals surface area contributed by atoms with Gasteiger partial charge in [-0.3, -0.25) is 9.59 Å². The Kier molecular flexibility index (Phi) is 7.75. The molecule has 0 spiro atoms. The minimum absolute atomic E-state index is 0.0367. The van der Waals surface area contributed by atoms with Crippen LogP contribution < -0.4 is 9.47 Å². The zero-order valence-corrected chi connectivity index (χ0v) is 16.1. The molecule has 0 aromatic heterocycles. The molecule has 1 aromatic rings. The number of hydrogen-bond acceptors (Lipinski definition) is 4. The highest BCUT2D eigenvalue weighted by atomic mass is 16.5. The Labute approximate surface area is 156 Å². The average molecular weight is 362 g/mol. The third-order valence-electron chi connectivity index (χ3n) is 4.55. The lowest BCUT2D eigenvalue weighted by molar-refractivity contribution is -0.136. The highest BCUT2D eigenvalue weighted by Gasteiger charge is 2.35. The highest BCUT2D eigenvalue weighted by molar-refractivity contribution is 5.89. The van der Waals surface area contributed by atoms with Gasteiger partial charge in [0.1, 0.15) is 18.1 Å². The predicted molar refractivity (Wildman–Crippen MR) is 100 cm³/mol. The predicted octanol–water partition coefficient (Wildman–Crippen LogP) is 2.57. The van der Waals surface area contributed by atoms with Gasteiger partial charge in [0.25, 0.3) is 0 Å². The second-order valence-electron chi connectivity index (χ2n) is 6.59. The monoisotopic (exact) mass is 362 g/mol. The number of nitrogens with zero attached hydrogens (tertiary/aromatic N) is 2. The van der Waals surface area contributed by atoms with Crippen molar-refractivity contribution in [2.24, 2.45) is 5.92 Å². The van der Waals surface area contributed by atoms with Gasteiger partial charge in [0.05, 0.1) is 19.6 Å². The Morgan fingerprint density at radius 3 is 2.35 bits per heavy atom. The maximum atomic E-state index is 12.7. The fourth-order valence-corrected chi connectivity index (χ4v) is 3.23. The van der Waals surface area contributed by atoms with Crippen molar-refractivity contribution in [1.29, 1.82) is 0 Å². The Balaban J connectivity index is 1.81. The van der Waals surface area contributed by atoms with Gasteiger partial charge in [-0.1, -0.05) is 13.8 Å². The number of likely N-dealkylation sites (tertiary alicyclic amines) is 1. The summed E-state index contributed by atoms with van der Waals surface area (Å²) in [5.74, 6) is 1.44. The van der Waals surface area contributed by atoms with Gasteiger partial charge in [-0.15, -0.1) is 0 Å². The smallest absolute Gasteiger partial charge is 0.227 e. The molecule has 144 valence electrons. The fraction of sp³-hybridized carbons (Fsp3) is 0.600. The van der Waals surface area contributed by atoms with Gasteiger partial charge >= 0.3 is 0 Å². The number of methoxy groups -OCH3 is 1. The van der Waals surface area contributed by atoms with Crippen LogP contribution in [0.1, 0.15) is 33.1 Å². The van der Waals surface area contributed by atoms with Gasteiger partial charge in [0.2, 0.25) is 11.8 Å². The van der Waals surface area contributed by atoms with Gasteiger partial charge in [0, 0.05) is 26.1 Å². The summed E-state index contributed by atoms with van der Waals surface area (Å²) in [5, 5.41) is 0. The van der Waals surface area contributed by atoms with E-state index in [2.05, 4.69) is 13.8 Å². The van der Waals surface area contributed by atoms with E-state index in [0.29, 0.717) is 26.1 Å². The maximum absolute atomic E-state index is 12.7. The summed E-state index contributed by atoms with van der Waals surface area (Å²) in [6, 6.07) is 7.34. The topological polar surface area (TPSA) is 59.1 Å². The number of carbonyl (C=O) groups is 2. The van der Waals surface area contributed by atoms with E-state index >= 15 is 0 Å². The Bertz CT molecular complexity index is 582. The second-order valence-corrected chi connectivity index (χ2v) is 6.59. The van der Waals surface area contributed by atoms with E-state index in [4.69, 9.17) is 9.47 Å². The lowest BCUT2D eigenvalue weighted by Crippen LogP contribution is -2.38. The molecule has 0 saturated carbocycles. The fourth-order valence-electron chi connectivity index (χ4n) is 3.23. The molecule has 1 aliphatic rings. The zero-order valence-electron chi connectivity index (χ0n) is 16.1. The molecule has 6 nitrogen and oxygen atoms in total. The highest BCUT2D eigenvalue weighted by Crippen LogP contribution is 2.21. The van der Waals surface area contributed by atoms with Crippen LogP contribution in [-0.4, -0.2) is 61.5 Å². The molecule has 1 atom stereocenters. The van der Waals surface area contributed by atoms with Crippen LogP contribution in [0.25, 0.3) is 0 Å². The first-order valence-corrected chi connectivity index (χ1v) is 9.42. The number of benzene rings is 1. The molecule has 2 rings (SSSR count). The standard InChI is InChI=1S/C20H30N2O4/c1-4-10-21(11-5-2)20(24)16-14-19(23)22(15-16)12-13-26-18-8-6-17(25-3)7-9-18/h6-9,16H,4-5,10-15H2,1-3H3. The first-order valence-electron chi connectivity index (χ1n) is 9.42. The number of hydrogen-bond donors (Lipinski definition) is 0. The lowest BCUT2D eigenvalue weighted by Gasteiger charge is -2.24. The number of carbonyl (C=O) groups excluding carboxylic acids is 2. The quantitative estimate of drug-likeness (QED) is 0.642. The van der Waals surface area contributed by atoms with Crippen LogP contribution >= 0.6 is 0 Å². The largest absolute Gasteiger partial charge is 0.497 e. The van der Waals surface area contributed by atoms with E-state index in [-0.39, 0.29) is 17.7 Å². The molecule has 1 saturated heterocycles.